The fourth-order valence-corrected chi connectivity index (χ4v) is 2.10. The van der Waals surface area contributed by atoms with E-state index in [0.717, 1.165) is 0 Å². The molecule has 14 heavy (non-hydrogen) atoms. The molecule has 0 radical (unpaired) electrons. The third kappa shape index (κ3) is 2.65. The van der Waals surface area contributed by atoms with Crippen LogP contribution in [-0.4, -0.2) is 49.3 Å². The van der Waals surface area contributed by atoms with Gasteiger partial charge in [0, 0.05) is 26.1 Å². The average Bonchev–Trinajstić information content (AvgIpc) is 2.43. The molecule has 0 aromatic heterocycles. The van der Waals surface area contributed by atoms with Crippen molar-refractivity contribution in [2.45, 2.75) is 18.1 Å². The molecule has 5 nitrogen and oxygen atoms in total. The molecule has 1 fully saturated rings. The number of likely N-dealkylation sites (tertiary alicyclic amines) is 1. The lowest BCUT2D eigenvalue weighted by Gasteiger charge is -2.14. The summed E-state index contributed by atoms with van der Waals surface area (Å²) < 4.78 is 33.5. The molecule has 1 aliphatic rings. The van der Waals surface area contributed by atoms with Crippen molar-refractivity contribution in [2.75, 3.05) is 19.7 Å². The number of aliphatic hydroxyl groups excluding tert-OH is 1. The van der Waals surface area contributed by atoms with Gasteiger partial charge in [-0.3, -0.25) is 4.79 Å². The van der Waals surface area contributed by atoms with Crippen molar-refractivity contribution in [3.05, 3.63) is 0 Å². The van der Waals surface area contributed by atoms with Crippen molar-refractivity contribution in [2.24, 2.45) is 0 Å². The smallest absolute Gasteiger partial charge is 0.307 e. The zero-order valence-electron chi connectivity index (χ0n) is 7.52. The SMILES string of the molecule is O=C1CC(S(=O)(=O)F)CN1CCCO. The van der Waals surface area contributed by atoms with E-state index < -0.39 is 15.5 Å². The number of rotatable bonds is 4. The standard InChI is InChI=1S/C7H12FNO4S/c8-14(12,13)6-4-7(11)9(5-6)2-1-3-10/h6,10H,1-5H2. The van der Waals surface area contributed by atoms with Crippen LogP contribution in [0.1, 0.15) is 12.8 Å². The minimum atomic E-state index is -4.62. The van der Waals surface area contributed by atoms with Crippen molar-refractivity contribution < 1.29 is 22.2 Å². The summed E-state index contributed by atoms with van der Waals surface area (Å²) in [7, 11) is -4.62. The van der Waals surface area contributed by atoms with Crippen LogP contribution in [0.3, 0.4) is 0 Å². The maximum absolute atomic E-state index is 12.5. The molecular weight excluding hydrogens is 213 g/mol. The van der Waals surface area contributed by atoms with E-state index in [1.165, 1.54) is 4.90 Å². The minimum Gasteiger partial charge on any atom is -0.396 e. The summed E-state index contributed by atoms with van der Waals surface area (Å²) in [6.45, 7) is 0.107. The molecule has 1 saturated heterocycles. The molecule has 1 heterocycles. The zero-order valence-corrected chi connectivity index (χ0v) is 8.33. The van der Waals surface area contributed by atoms with Gasteiger partial charge >= 0.3 is 10.2 Å². The number of carbonyl (C=O) groups is 1. The molecule has 82 valence electrons. The Morgan fingerprint density at radius 2 is 2.21 bits per heavy atom. The summed E-state index contributed by atoms with van der Waals surface area (Å²) in [6.07, 6.45) is 0.0923. The summed E-state index contributed by atoms with van der Waals surface area (Å²) in [6, 6.07) is 0. The first-order valence-electron chi connectivity index (χ1n) is 4.27. The Morgan fingerprint density at radius 3 is 2.64 bits per heavy atom. The fraction of sp³-hybridized carbons (Fsp3) is 0.857. The van der Waals surface area contributed by atoms with Gasteiger partial charge in [-0.2, -0.15) is 8.42 Å². The van der Waals surface area contributed by atoms with Crippen LogP contribution >= 0.6 is 0 Å². The van der Waals surface area contributed by atoms with Gasteiger partial charge in [0.05, 0.1) is 0 Å². The summed E-state index contributed by atoms with van der Waals surface area (Å²) >= 11 is 0. The van der Waals surface area contributed by atoms with Crippen molar-refractivity contribution >= 4 is 16.1 Å². The van der Waals surface area contributed by atoms with Gasteiger partial charge in [0.15, 0.2) is 0 Å². The lowest BCUT2D eigenvalue weighted by molar-refractivity contribution is -0.127. The Balaban J connectivity index is 2.56. The van der Waals surface area contributed by atoms with Crippen LogP contribution in [0.25, 0.3) is 0 Å². The summed E-state index contributed by atoms with van der Waals surface area (Å²) in [5, 5.41) is 7.28. The summed E-state index contributed by atoms with van der Waals surface area (Å²) in [5.41, 5.74) is 0. The van der Waals surface area contributed by atoms with Crippen molar-refractivity contribution in [1.29, 1.82) is 0 Å². The largest absolute Gasteiger partial charge is 0.396 e. The number of halogens is 1. The Hall–Kier alpha value is -0.690. The van der Waals surface area contributed by atoms with E-state index in [2.05, 4.69) is 0 Å². The highest BCUT2D eigenvalue weighted by Crippen LogP contribution is 2.19. The maximum atomic E-state index is 12.5. The number of hydrogen-bond acceptors (Lipinski definition) is 4. The van der Waals surface area contributed by atoms with E-state index in [9.17, 15) is 17.1 Å². The van der Waals surface area contributed by atoms with E-state index >= 15 is 0 Å². The predicted octanol–water partition coefficient (Wildman–Crippen LogP) is -0.731. The molecule has 0 spiro atoms. The quantitative estimate of drug-likeness (QED) is 0.640. The molecule has 1 unspecified atom stereocenters. The van der Waals surface area contributed by atoms with Crippen molar-refractivity contribution in [1.82, 2.24) is 4.90 Å². The molecule has 7 heteroatoms. The Labute approximate surface area is 81.7 Å². The van der Waals surface area contributed by atoms with Gasteiger partial charge in [-0.05, 0) is 6.42 Å². The highest BCUT2D eigenvalue weighted by molar-refractivity contribution is 7.87. The Morgan fingerprint density at radius 1 is 1.57 bits per heavy atom. The van der Waals surface area contributed by atoms with E-state index in [0.29, 0.717) is 6.42 Å². The lowest BCUT2D eigenvalue weighted by Crippen LogP contribution is -2.28. The normalized spacial score (nSPS) is 23.1. The van der Waals surface area contributed by atoms with Gasteiger partial charge in [0.2, 0.25) is 5.91 Å². The highest BCUT2D eigenvalue weighted by atomic mass is 32.3. The van der Waals surface area contributed by atoms with Crippen LogP contribution in [0.15, 0.2) is 0 Å². The molecule has 0 aromatic rings. The summed E-state index contributed by atoms with van der Waals surface area (Å²) in [5.74, 6) is -0.371. The molecule has 1 aliphatic heterocycles. The van der Waals surface area contributed by atoms with Crippen LogP contribution in [0.5, 0.6) is 0 Å². The molecule has 1 N–H and O–H groups in total. The first-order valence-corrected chi connectivity index (χ1v) is 5.72. The number of carbonyl (C=O) groups excluding carboxylic acids is 1. The van der Waals surface area contributed by atoms with Crippen LogP contribution < -0.4 is 0 Å². The van der Waals surface area contributed by atoms with Gasteiger partial charge in [-0.1, -0.05) is 0 Å². The monoisotopic (exact) mass is 225 g/mol. The van der Waals surface area contributed by atoms with Crippen molar-refractivity contribution in [3.8, 4) is 0 Å². The maximum Gasteiger partial charge on any atom is 0.307 e. The number of nitrogens with zero attached hydrogens (tertiary/aromatic N) is 1. The van der Waals surface area contributed by atoms with E-state index in [4.69, 9.17) is 5.11 Å². The fourth-order valence-electron chi connectivity index (χ4n) is 1.40. The second-order valence-electron chi connectivity index (χ2n) is 3.22. The van der Waals surface area contributed by atoms with Crippen LogP contribution in [0, 0.1) is 0 Å². The summed E-state index contributed by atoms with van der Waals surface area (Å²) in [4.78, 5) is 12.4. The third-order valence-electron chi connectivity index (χ3n) is 2.16. The molecule has 0 aliphatic carbocycles. The van der Waals surface area contributed by atoms with Crippen LogP contribution in [-0.2, 0) is 15.0 Å². The number of amides is 1. The second-order valence-corrected chi connectivity index (χ2v) is 4.84. The van der Waals surface area contributed by atoms with Gasteiger partial charge in [0.25, 0.3) is 0 Å². The zero-order chi connectivity index (χ0) is 10.8. The van der Waals surface area contributed by atoms with E-state index in [1.807, 2.05) is 0 Å². The molecule has 0 bridgehead atoms. The van der Waals surface area contributed by atoms with E-state index in [-0.39, 0.29) is 32.0 Å². The lowest BCUT2D eigenvalue weighted by atomic mass is 10.4. The van der Waals surface area contributed by atoms with Gasteiger partial charge in [-0.25, -0.2) is 0 Å². The molecule has 1 atom stereocenters. The van der Waals surface area contributed by atoms with Gasteiger partial charge in [0.1, 0.15) is 5.25 Å². The highest BCUT2D eigenvalue weighted by Gasteiger charge is 2.37. The number of aliphatic hydroxyl groups is 1. The minimum absolute atomic E-state index is 0.0726. The Bertz CT molecular complexity index is 316. The second kappa shape index (κ2) is 4.22. The van der Waals surface area contributed by atoms with Gasteiger partial charge in [-0.15, -0.1) is 3.89 Å². The first kappa shape index (κ1) is 11.4. The molecular formula is C7H12FNO4S. The molecule has 0 saturated carbocycles. The Kier molecular flexibility index (Phi) is 3.43. The van der Waals surface area contributed by atoms with Crippen LogP contribution in [0.4, 0.5) is 3.89 Å². The molecule has 1 amide bonds. The van der Waals surface area contributed by atoms with Crippen molar-refractivity contribution in [3.63, 3.8) is 0 Å². The van der Waals surface area contributed by atoms with Gasteiger partial charge < -0.3 is 10.0 Å². The predicted molar refractivity (Wildman–Crippen MR) is 46.7 cm³/mol. The molecule has 1 rings (SSSR count). The van der Waals surface area contributed by atoms with Crippen LogP contribution in [0.2, 0.25) is 0 Å². The first-order chi connectivity index (χ1) is 6.45. The topological polar surface area (TPSA) is 74.7 Å². The average molecular weight is 225 g/mol. The molecule has 0 aromatic carbocycles. The number of hydrogen-bond donors (Lipinski definition) is 1. The van der Waals surface area contributed by atoms with E-state index in [1.54, 1.807) is 0 Å². The third-order valence-corrected chi connectivity index (χ3v) is 3.28.